The van der Waals surface area contributed by atoms with Crippen LogP contribution < -0.4 is 5.32 Å². The first-order valence-corrected chi connectivity index (χ1v) is 11.6. The molecule has 0 aromatic carbocycles. The Bertz CT molecular complexity index is 476. The molecule has 0 unspecified atom stereocenters. The van der Waals surface area contributed by atoms with Gasteiger partial charge in [-0.15, -0.1) is 0 Å². The second-order valence-corrected chi connectivity index (χ2v) is 8.06. The molecule has 0 fully saturated rings. The van der Waals surface area contributed by atoms with Crippen molar-refractivity contribution >= 4 is 17.5 Å². The molecule has 27 heavy (non-hydrogen) atoms. The van der Waals surface area contributed by atoms with Crippen molar-refractivity contribution in [3.63, 3.8) is 0 Å². The van der Waals surface area contributed by atoms with Crippen LogP contribution >= 0.6 is 11.6 Å². The van der Waals surface area contributed by atoms with E-state index in [4.69, 9.17) is 11.6 Å². The van der Waals surface area contributed by atoms with Crippen molar-refractivity contribution in [1.82, 2.24) is 15.5 Å². The van der Waals surface area contributed by atoms with Crippen molar-refractivity contribution in [3.8, 4) is 0 Å². The summed E-state index contributed by atoms with van der Waals surface area (Å²) in [7, 11) is 0. The maximum absolute atomic E-state index is 11.8. The maximum Gasteiger partial charge on any atom is 0.270 e. The van der Waals surface area contributed by atoms with Crippen LogP contribution in [0.4, 0.5) is 0 Å². The molecule has 0 bridgehead atoms. The molecule has 0 aliphatic heterocycles. The summed E-state index contributed by atoms with van der Waals surface area (Å²) in [6.07, 6.45) is 23.1. The lowest BCUT2D eigenvalue weighted by Crippen LogP contribution is -2.25. The van der Waals surface area contributed by atoms with Gasteiger partial charge in [0, 0.05) is 6.54 Å². The highest BCUT2D eigenvalue weighted by molar-refractivity contribution is 6.33. The molecule has 0 aliphatic rings. The SMILES string of the molecule is CCCCCCCCCCCCCCCCCCNC(=O)c1[nH]ncc1Cl. The monoisotopic (exact) mass is 397 g/mol. The Morgan fingerprint density at radius 1 is 0.852 bits per heavy atom. The molecular formula is C22H40ClN3O. The van der Waals surface area contributed by atoms with Crippen LogP contribution in [0.25, 0.3) is 0 Å². The van der Waals surface area contributed by atoms with E-state index in [1.807, 2.05) is 0 Å². The van der Waals surface area contributed by atoms with E-state index in [0.29, 0.717) is 17.3 Å². The first-order valence-electron chi connectivity index (χ1n) is 11.2. The average molecular weight is 398 g/mol. The van der Waals surface area contributed by atoms with Crippen molar-refractivity contribution in [2.24, 2.45) is 0 Å². The third-order valence-corrected chi connectivity index (χ3v) is 5.42. The lowest BCUT2D eigenvalue weighted by Gasteiger charge is -2.05. The van der Waals surface area contributed by atoms with Crippen LogP contribution in [0.3, 0.4) is 0 Å². The average Bonchev–Trinajstić information content (AvgIpc) is 3.10. The van der Waals surface area contributed by atoms with E-state index in [9.17, 15) is 4.79 Å². The molecule has 4 nitrogen and oxygen atoms in total. The van der Waals surface area contributed by atoms with Gasteiger partial charge in [-0.05, 0) is 6.42 Å². The van der Waals surface area contributed by atoms with Gasteiger partial charge in [0.25, 0.3) is 5.91 Å². The smallest absolute Gasteiger partial charge is 0.270 e. The number of hydrogen-bond donors (Lipinski definition) is 2. The van der Waals surface area contributed by atoms with E-state index in [1.165, 1.54) is 103 Å². The zero-order valence-electron chi connectivity index (χ0n) is 17.3. The van der Waals surface area contributed by atoms with Gasteiger partial charge in [0.2, 0.25) is 0 Å². The molecule has 0 spiro atoms. The molecule has 0 atom stereocenters. The summed E-state index contributed by atoms with van der Waals surface area (Å²) in [6.45, 7) is 2.98. The molecule has 0 saturated carbocycles. The Morgan fingerprint density at radius 2 is 1.30 bits per heavy atom. The minimum atomic E-state index is -0.168. The van der Waals surface area contributed by atoms with Crippen molar-refractivity contribution in [2.45, 2.75) is 110 Å². The summed E-state index contributed by atoms with van der Waals surface area (Å²) in [5, 5.41) is 9.63. The Labute approximate surface area is 171 Å². The van der Waals surface area contributed by atoms with Gasteiger partial charge >= 0.3 is 0 Å². The lowest BCUT2D eigenvalue weighted by atomic mass is 10.0. The number of nitrogens with one attached hydrogen (secondary N) is 2. The Kier molecular flexibility index (Phi) is 15.2. The van der Waals surface area contributed by atoms with Crippen LogP contribution in [0.15, 0.2) is 6.20 Å². The molecule has 0 aliphatic carbocycles. The third kappa shape index (κ3) is 12.9. The number of aromatic amines is 1. The second-order valence-electron chi connectivity index (χ2n) is 7.65. The molecule has 1 rings (SSSR count). The third-order valence-electron chi connectivity index (χ3n) is 5.14. The normalized spacial score (nSPS) is 11.0. The summed E-state index contributed by atoms with van der Waals surface area (Å²) < 4.78 is 0. The van der Waals surface area contributed by atoms with Crippen molar-refractivity contribution in [2.75, 3.05) is 6.54 Å². The van der Waals surface area contributed by atoms with Crippen LogP contribution in [0.5, 0.6) is 0 Å². The van der Waals surface area contributed by atoms with Gasteiger partial charge in [-0.3, -0.25) is 9.89 Å². The number of unbranched alkanes of at least 4 members (excludes halogenated alkanes) is 15. The fourth-order valence-corrected chi connectivity index (χ4v) is 3.57. The van der Waals surface area contributed by atoms with Gasteiger partial charge in [-0.25, -0.2) is 0 Å². The molecule has 5 heteroatoms. The number of hydrogen-bond acceptors (Lipinski definition) is 2. The maximum atomic E-state index is 11.8. The fourth-order valence-electron chi connectivity index (χ4n) is 3.39. The van der Waals surface area contributed by atoms with Crippen LogP contribution in [0.2, 0.25) is 5.02 Å². The first kappa shape index (κ1) is 24.0. The van der Waals surface area contributed by atoms with Gasteiger partial charge in [0.05, 0.1) is 11.2 Å². The van der Waals surface area contributed by atoms with E-state index in [0.717, 1.165) is 6.42 Å². The van der Waals surface area contributed by atoms with Crippen molar-refractivity contribution < 1.29 is 4.79 Å². The summed E-state index contributed by atoms with van der Waals surface area (Å²) in [6, 6.07) is 0. The molecule has 1 aromatic rings. The minimum Gasteiger partial charge on any atom is -0.351 e. The number of amides is 1. The largest absolute Gasteiger partial charge is 0.351 e. The zero-order valence-corrected chi connectivity index (χ0v) is 18.1. The Balaban J connectivity index is 1.76. The molecule has 1 amide bonds. The highest BCUT2D eigenvalue weighted by Gasteiger charge is 2.10. The molecule has 1 aromatic heterocycles. The van der Waals surface area contributed by atoms with Crippen LogP contribution in [0.1, 0.15) is 120 Å². The van der Waals surface area contributed by atoms with E-state index < -0.39 is 0 Å². The molecule has 156 valence electrons. The van der Waals surface area contributed by atoms with Gasteiger partial charge in [-0.1, -0.05) is 115 Å². The zero-order chi connectivity index (χ0) is 19.6. The highest BCUT2D eigenvalue weighted by Crippen LogP contribution is 2.14. The predicted molar refractivity (Wildman–Crippen MR) is 115 cm³/mol. The molecule has 1 heterocycles. The number of carbonyl (C=O) groups excluding carboxylic acids is 1. The molecular weight excluding hydrogens is 358 g/mol. The lowest BCUT2D eigenvalue weighted by molar-refractivity contribution is 0.0948. The Morgan fingerprint density at radius 3 is 1.70 bits per heavy atom. The predicted octanol–water partition coefficient (Wildman–Crippen LogP) is 7.05. The van der Waals surface area contributed by atoms with Gasteiger partial charge < -0.3 is 5.32 Å². The quantitative estimate of drug-likeness (QED) is 0.260. The summed E-state index contributed by atoms with van der Waals surface area (Å²) in [5.41, 5.74) is 0.355. The number of nitrogens with zero attached hydrogens (tertiary/aromatic N) is 1. The van der Waals surface area contributed by atoms with E-state index in [2.05, 4.69) is 22.4 Å². The summed E-state index contributed by atoms with van der Waals surface area (Å²) >= 11 is 5.86. The first-order chi connectivity index (χ1) is 13.3. The summed E-state index contributed by atoms with van der Waals surface area (Å²) in [4.78, 5) is 11.8. The van der Waals surface area contributed by atoms with Crippen molar-refractivity contribution in [1.29, 1.82) is 0 Å². The summed E-state index contributed by atoms with van der Waals surface area (Å²) in [5.74, 6) is -0.168. The number of aromatic nitrogens is 2. The van der Waals surface area contributed by atoms with Gasteiger partial charge in [0.15, 0.2) is 0 Å². The standard InChI is InChI=1S/C22H40ClN3O/c1-2-3-4-5-6-7-8-9-10-11-12-13-14-15-16-17-18-24-22(27)21-20(23)19-25-26-21/h19H,2-18H2,1H3,(H,24,27)(H,25,26). The fraction of sp³-hybridized carbons (Fsp3) is 0.818. The number of rotatable bonds is 18. The van der Waals surface area contributed by atoms with Crippen LogP contribution in [0, 0.1) is 0 Å². The second kappa shape index (κ2) is 17.1. The number of carbonyl (C=O) groups is 1. The van der Waals surface area contributed by atoms with E-state index in [-0.39, 0.29) is 5.91 Å². The van der Waals surface area contributed by atoms with Crippen molar-refractivity contribution in [3.05, 3.63) is 16.9 Å². The Hall–Kier alpha value is -1.03. The van der Waals surface area contributed by atoms with Gasteiger partial charge in [0.1, 0.15) is 5.69 Å². The molecule has 0 saturated heterocycles. The minimum absolute atomic E-state index is 0.168. The van der Waals surface area contributed by atoms with Gasteiger partial charge in [-0.2, -0.15) is 5.10 Å². The number of H-pyrrole nitrogens is 1. The van der Waals surface area contributed by atoms with E-state index >= 15 is 0 Å². The highest BCUT2D eigenvalue weighted by atomic mass is 35.5. The molecule has 0 radical (unpaired) electrons. The van der Waals surface area contributed by atoms with Crippen LogP contribution in [-0.2, 0) is 0 Å². The number of halogens is 1. The van der Waals surface area contributed by atoms with Crippen LogP contribution in [-0.4, -0.2) is 22.6 Å². The topological polar surface area (TPSA) is 57.8 Å². The molecule has 2 N–H and O–H groups in total. The van der Waals surface area contributed by atoms with E-state index in [1.54, 1.807) is 0 Å².